The van der Waals surface area contributed by atoms with Gasteiger partial charge in [-0.05, 0) is 38.4 Å². The fourth-order valence-corrected chi connectivity index (χ4v) is 3.63. The first kappa shape index (κ1) is 22.0. The number of nitrogens with one attached hydrogen (secondary N) is 1. The number of carbonyl (C=O) groups excluding carboxylic acids is 1. The molecule has 0 saturated carbocycles. The molecule has 1 saturated heterocycles. The maximum Gasteiger partial charge on any atom is 0.409 e. The van der Waals surface area contributed by atoms with Gasteiger partial charge in [0.1, 0.15) is 0 Å². The van der Waals surface area contributed by atoms with E-state index in [1.165, 1.54) is 5.56 Å². The molecule has 28 heavy (non-hydrogen) atoms. The second kappa shape index (κ2) is 11.5. The first-order valence-corrected chi connectivity index (χ1v) is 10.4. The summed E-state index contributed by atoms with van der Waals surface area (Å²) in [6.45, 7) is 10.5. The predicted octanol–water partition coefficient (Wildman–Crippen LogP) is 2.59. The molecule has 1 fully saturated rings. The Bertz CT molecular complexity index is 610. The van der Waals surface area contributed by atoms with Crippen LogP contribution >= 0.6 is 0 Å². The van der Waals surface area contributed by atoms with E-state index < -0.39 is 0 Å². The van der Waals surface area contributed by atoms with Gasteiger partial charge < -0.3 is 20.7 Å². The molecule has 7 nitrogen and oxygen atoms in total. The summed E-state index contributed by atoms with van der Waals surface area (Å²) in [7, 11) is 0. The normalized spacial score (nSPS) is 16.9. The molecule has 2 rings (SSSR count). The molecule has 1 aliphatic heterocycles. The van der Waals surface area contributed by atoms with E-state index in [9.17, 15) is 4.79 Å². The topological polar surface area (TPSA) is 83.2 Å². The van der Waals surface area contributed by atoms with Crippen molar-refractivity contribution in [3.63, 3.8) is 0 Å². The largest absolute Gasteiger partial charge is 0.450 e. The number of rotatable bonds is 8. The zero-order valence-electron chi connectivity index (χ0n) is 17.4. The second-order valence-electron chi connectivity index (χ2n) is 6.98. The molecule has 1 aliphatic rings. The van der Waals surface area contributed by atoms with Gasteiger partial charge in [0.2, 0.25) is 0 Å². The molecule has 7 heteroatoms. The molecule has 0 radical (unpaired) electrons. The number of carbonyl (C=O) groups is 1. The highest BCUT2D eigenvalue weighted by Gasteiger charge is 2.24. The molecule has 1 aromatic carbocycles. The maximum atomic E-state index is 11.8. The van der Waals surface area contributed by atoms with Crippen molar-refractivity contribution in [1.82, 2.24) is 15.1 Å². The smallest absolute Gasteiger partial charge is 0.409 e. The average molecular weight is 390 g/mol. The third kappa shape index (κ3) is 6.41. The number of amides is 1. The van der Waals surface area contributed by atoms with Gasteiger partial charge in [0, 0.05) is 19.1 Å². The number of aliphatic imine (C=N–C) groups is 1. The van der Waals surface area contributed by atoms with Gasteiger partial charge in [0.05, 0.1) is 19.2 Å². The lowest BCUT2D eigenvalue weighted by molar-refractivity contribution is 0.0963. The number of ether oxygens (including phenoxy) is 1. The Morgan fingerprint density at radius 1 is 1.25 bits per heavy atom. The summed E-state index contributed by atoms with van der Waals surface area (Å²) in [4.78, 5) is 20.6. The summed E-state index contributed by atoms with van der Waals surface area (Å²) in [6.07, 6.45) is 1.45. The van der Waals surface area contributed by atoms with Crippen LogP contribution in [0.1, 0.15) is 45.2 Å². The van der Waals surface area contributed by atoms with E-state index in [0.29, 0.717) is 32.2 Å². The van der Waals surface area contributed by atoms with Crippen molar-refractivity contribution in [2.45, 2.75) is 45.7 Å². The number of hydrogen-bond acceptors (Lipinski definition) is 4. The Labute approximate surface area is 168 Å². The first-order chi connectivity index (χ1) is 13.6. The monoisotopic (exact) mass is 389 g/mol. The zero-order valence-corrected chi connectivity index (χ0v) is 17.4. The Balaban J connectivity index is 1.90. The fraction of sp³-hybridized carbons (Fsp3) is 0.619. The summed E-state index contributed by atoms with van der Waals surface area (Å²) in [5, 5.41) is 3.32. The molecule has 1 aromatic rings. The predicted molar refractivity (Wildman–Crippen MR) is 113 cm³/mol. The summed E-state index contributed by atoms with van der Waals surface area (Å²) in [6, 6.07) is 10.9. The molecule has 1 unspecified atom stereocenters. The Morgan fingerprint density at radius 2 is 1.89 bits per heavy atom. The van der Waals surface area contributed by atoms with Gasteiger partial charge in [0.25, 0.3) is 0 Å². The van der Waals surface area contributed by atoms with Crippen LogP contribution < -0.4 is 11.1 Å². The highest BCUT2D eigenvalue weighted by molar-refractivity contribution is 5.78. The van der Waals surface area contributed by atoms with Gasteiger partial charge in [-0.2, -0.15) is 0 Å². The highest BCUT2D eigenvalue weighted by atomic mass is 16.6. The van der Waals surface area contributed by atoms with E-state index >= 15 is 0 Å². The lowest BCUT2D eigenvalue weighted by Gasteiger charge is -2.32. The van der Waals surface area contributed by atoms with E-state index in [1.807, 2.05) is 13.0 Å². The standard InChI is InChI=1S/C21H35N5O2/c1-4-25(5-2)19(17-10-8-7-9-11-17)16-23-20(22)24-18-12-14-26(15-13-18)21(27)28-6-3/h7-11,18-19H,4-6,12-16H2,1-3H3,(H3,22,23,24). The minimum atomic E-state index is -0.229. The Hall–Kier alpha value is -2.28. The zero-order chi connectivity index (χ0) is 20.4. The third-order valence-electron chi connectivity index (χ3n) is 5.25. The van der Waals surface area contributed by atoms with E-state index in [1.54, 1.807) is 4.90 Å². The van der Waals surface area contributed by atoms with Crippen LogP contribution in [-0.2, 0) is 4.74 Å². The minimum Gasteiger partial charge on any atom is -0.450 e. The van der Waals surface area contributed by atoms with Gasteiger partial charge >= 0.3 is 6.09 Å². The molecule has 156 valence electrons. The van der Waals surface area contributed by atoms with Crippen LogP contribution in [0.5, 0.6) is 0 Å². The van der Waals surface area contributed by atoms with Crippen LogP contribution in [0.4, 0.5) is 4.79 Å². The quantitative estimate of drug-likeness (QED) is 0.527. The molecule has 1 atom stereocenters. The van der Waals surface area contributed by atoms with E-state index in [-0.39, 0.29) is 18.2 Å². The van der Waals surface area contributed by atoms with Crippen LogP contribution in [0.3, 0.4) is 0 Å². The lowest BCUT2D eigenvalue weighted by atomic mass is 10.1. The van der Waals surface area contributed by atoms with Crippen molar-refractivity contribution in [3.8, 4) is 0 Å². The summed E-state index contributed by atoms with van der Waals surface area (Å²) < 4.78 is 5.06. The number of nitrogens with two attached hydrogens (primary N) is 1. The number of hydrogen-bond donors (Lipinski definition) is 2. The molecule has 1 heterocycles. The molecule has 3 N–H and O–H groups in total. The van der Waals surface area contributed by atoms with Gasteiger partial charge in [-0.25, -0.2) is 4.79 Å². The molecule has 1 amide bonds. The molecule has 0 bridgehead atoms. The van der Waals surface area contributed by atoms with Crippen molar-refractivity contribution < 1.29 is 9.53 Å². The second-order valence-corrected chi connectivity index (χ2v) is 6.98. The summed E-state index contributed by atoms with van der Waals surface area (Å²) in [5.41, 5.74) is 7.43. The molecule has 0 aromatic heterocycles. The van der Waals surface area contributed by atoms with Crippen LogP contribution in [0.25, 0.3) is 0 Å². The molecule has 0 aliphatic carbocycles. The molecular formula is C21H35N5O2. The van der Waals surface area contributed by atoms with Crippen molar-refractivity contribution in [1.29, 1.82) is 0 Å². The van der Waals surface area contributed by atoms with Crippen LogP contribution in [0.15, 0.2) is 35.3 Å². The van der Waals surface area contributed by atoms with E-state index in [0.717, 1.165) is 25.9 Å². The van der Waals surface area contributed by atoms with Gasteiger partial charge in [-0.3, -0.25) is 9.89 Å². The maximum absolute atomic E-state index is 11.8. The van der Waals surface area contributed by atoms with Crippen molar-refractivity contribution >= 4 is 12.1 Å². The molecule has 0 spiro atoms. The van der Waals surface area contributed by atoms with Crippen LogP contribution in [0, 0.1) is 0 Å². The van der Waals surface area contributed by atoms with E-state index in [4.69, 9.17) is 10.5 Å². The van der Waals surface area contributed by atoms with Crippen molar-refractivity contribution in [2.24, 2.45) is 10.7 Å². The number of benzene rings is 1. The average Bonchev–Trinajstić information content (AvgIpc) is 2.72. The minimum absolute atomic E-state index is 0.210. The number of likely N-dealkylation sites (N-methyl/N-ethyl adjacent to an activating group) is 1. The van der Waals surface area contributed by atoms with Gasteiger partial charge in [0.15, 0.2) is 5.96 Å². The van der Waals surface area contributed by atoms with Crippen LogP contribution in [0.2, 0.25) is 0 Å². The SMILES string of the molecule is CCOC(=O)N1CCC(NC(N)=NCC(c2ccccc2)N(CC)CC)CC1. The Morgan fingerprint density at radius 3 is 2.46 bits per heavy atom. The number of piperidine rings is 1. The fourth-order valence-electron chi connectivity index (χ4n) is 3.63. The van der Waals surface area contributed by atoms with Gasteiger partial charge in [-0.15, -0.1) is 0 Å². The van der Waals surface area contributed by atoms with Crippen molar-refractivity contribution in [3.05, 3.63) is 35.9 Å². The summed E-state index contributed by atoms with van der Waals surface area (Å²) in [5.74, 6) is 0.475. The highest BCUT2D eigenvalue weighted by Crippen LogP contribution is 2.20. The number of guanidine groups is 1. The van der Waals surface area contributed by atoms with Gasteiger partial charge in [-0.1, -0.05) is 44.2 Å². The van der Waals surface area contributed by atoms with Crippen LogP contribution in [-0.4, -0.2) is 67.2 Å². The Kier molecular flexibility index (Phi) is 9.07. The number of nitrogens with zero attached hydrogens (tertiary/aromatic N) is 3. The molecular weight excluding hydrogens is 354 g/mol. The lowest BCUT2D eigenvalue weighted by Crippen LogP contribution is -2.48. The van der Waals surface area contributed by atoms with Crippen molar-refractivity contribution in [2.75, 3.05) is 39.3 Å². The third-order valence-corrected chi connectivity index (χ3v) is 5.25. The summed E-state index contributed by atoms with van der Waals surface area (Å²) >= 11 is 0. The van der Waals surface area contributed by atoms with E-state index in [2.05, 4.69) is 53.3 Å². The first-order valence-electron chi connectivity index (χ1n) is 10.4. The number of likely N-dealkylation sites (tertiary alicyclic amines) is 1.